The van der Waals surface area contributed by atoms with Gasteiger partial charge in [0.15, 0.2) is 5.69 Å². The fourth-order valence-electron chi connectivity index (χ4n) is 2.87. The van der Waals surface area contributed by atoms with Gasteiger partial charge in [-0.2, -0.15) is 0 Å². The first-order valence-corrected chi connectivity index (χ1v) is 9.04. The minimum absolute atomic E-state index is 0.200. The van der Waals surface area contributed by atoms with E-state index < -0.39 is 0 Å². The highest BCUT2D eigenvalue weighted by Gasteiger charge is 2.16. The van der Waals surface area contributed by atoms with Crippen molar-refractivity contribution < 1.29 is 4.79 Å². The maximum Gasteiger partial charge on any atom is 0.273 e. The molecule has 0 fully saturated rings. The highest BCUT2D eigenvalue weighted by Crippen LogP contribution is 2.07. The normalized spacial score (nSPS) is 12.1. The maximum absolute atomic E-state index is 12.4. The van der Waals surface area contributed by atoms with E-state index >= 15 is 0 Å². The number of aromatic nitrogens is 3. The number of benzene rings is 2. The van der Waals surface area contributed by atoms with E-state index in [1.54, 1.807) is 10.9 Å². The van der Waals surface area contributed by atoms with E-state index in [-0.39, 0.29) is 11.9 Å². The number of likely N-dealkylation sites (N-methyl/N-ethyl adjacent to an activating group) is 1. The Balaban J connectivity index is 1.56. The molecule has 0 saturated heterocycles. The third kappa shape index (κ3) is 5.49. The molecule has 0 saturated carbocycles. The largest absolute Gasteiger partial charge is 0.349 e. The quantitative estimate of drug-likeness (QED) is 0.667. The molecule has 0 aliphatic rings. The van der Waals surface area contributed by atoms with E-state index in [1.807, 2.05) is 62.6 Å². The van der Waals surface area contributed by atoms with Crippen molar-refractivity contribution in [2.24, 2.45) is 0 Å². The van der Waals surface area contributed by atoms with E-state index in [0.29, 0.717) is 18.8 Å². The third-order valence-corrected chi connectivity index (χ3v) is 4.50. The second-order valence-electron chi connectivity index (χ2n) is 6.80. The number of hydrogen-bond donors (Lipinski definition) is 1. The lowest BCUT2D eigenvalue weighted by Gasteiger charge is -2.24. The molecule has 1 atom stereocenters. The second kappa shape index (κ2) is 9.09. The molecule has 140 valence electrons. The molecule has 0 aliphatic carbocycles. The van der Waals surface area contributed by atoms with E-state index in [0.717, 1.165) is 12.0 Å². The van der Waals surface area contributed by atoms with Gasteiger partial charge in [0.2, 0.25) is 0 Å². The molecule has 1 heterocycles. The number of carbonyl (C=O) groups is 1. The summed E-state index contributed by atoms with van der Waals surface area (Å²) in [5.41, 5.74) is 2.70. The lowest BCUT2D eigenvalue weighted by Crippen LogP contribution is -2.41. The Bertz CT molecular complexity index is 845. The van der Waals surface area contributed by atoms with Gasteiger partial charge >= 0.3 is 0 Å². The number of nitrogens with one attached hydrogen (secondary N) is 1. The zero-order valence-electron chi connectivity index (χ0n) is 15.7. The van der Waals surface area contributed by atoms with Crippen molar-refractivity contribution in [3.63, 3.8) is 0 Å². The predicted octanol–water partition coefficient (Wildman–Crippen LogP) is 2.23. The molecule has 1 amide bonds. The summed E-state index contributed by atoms with van der Waals surface area (Å²) in [5, 5.41) is 11.0. The molecule has 1 N–H and O–H groups in total. The highest BCUT2D eigenvalue weighted by molar-refractivity contribution is 5.91. The Hall–Kier alpha value is -2.99. The monoisotopic (exact) mass is 363 g/mol. The summed E-state index contributed by atoms with van der Waals surface area (Å²) in [5.74, 6) is -0.200. The van der Waals surface area contributed by atoms with Crippen LogP contribution in [0.3, 0.4) is 0 Å². The van der Waals surface area contributed by atoms with Crippen LogP contribution in [0.1, 0.15) is 21.6 Å². The van der Waals surface area contributed by atoms with Gasteiger partial charge in [0.1, 0.15) is 0 Å². The van der Waals surface area contributed by atoms with E-state index in [2.05, 4.69) is 32.7 Å². The van der Waals surface area contributed by atoms with E-state index in [4.69, 9.17) is 0 Å². The van der Waals surface area contributed by atoms with Crippen molar-refractivity contribution >= 4 is 5.91 Å². The molecular formula is C21H25N5O. The number of hydrogen-bond acceptors (Lipinski definition) is 4. The number of carbonyl (C=O) groups excluding carboxylic acids is 1. The van der Waals surface area contributed by atoms with Crippen LogP contribution in [0.5, 0.6) is 0 Å². The predicted molar refractivity (Wildman–Crippen MR) is 106 cm³/mol. The topological polar surface area (TPSA) is 63.1 Å². The molecule has 0 aliphatic heterocycles. The molecule has 6 nitrogen and oxygen atoms in total. The molecular weight excluding hydrogens is 338 g/mol. The van der Waals surface area contributed by atoms with Crippen molar-refractivity contribution in [3.05, 3.63) is 83.7 Å². The smallest absolute Gasteiger partial charge is 0.273 e. The van der Waals surface area contributed by atoms with Crippen molar-refractivity contribution in [1.82, 2.24) is 25.2 Å². The maximum atomic E-state index is 12.4. The Morgan fingerprint density at radius 2 is 1.67 bits per heavy atom. The first-order valence-electron chi connectivity index (χ1n) is 9.04. The van der Waals surface area contributed by atoms with Gasteiger partial charge in [-0.1, -0.05) is 65.9 Å². The van der Waals surface area contributed by atoms with E-state index in [9.17, 15) is 4.79 Å². The lowest BCUT2D eigenvalue weighted by molar-refractivity contribution is 0.0936. The van der Waals surface area contributed by atoms with Crippen LogP contribution >= 0.6 is 0 Å². The summed E-state index contributed by atoms with van der Waals surface area (Å²) in [6, 6.07) is 20.5. The molecule has 0 spiro atoms. The molecule has 3 aromatic rings. The van der Waals surface area contributed by atoms with Crippen molar-refractivity contribution in [3.8, 4) is 0 Å². The van der Waals surface area contributed by atoms with Crippen LogP contribution in [-0.4, -0.2) is 52.5 Å². The second-order valence-corrected chi connectivity index (χ2v) is 6.80. The van der Waals surface area contributed by atoms with Crippen molar-refractivity contribution in [1.29, 1.82) is 0 Å². The van der Waals surface area contributed by atoms with Crippen LogP contribution in [0.4, 0.5) is 0 Å². The van der Waals surface area contributed by atoms with E-state index in [1.165, 1.54) is 5.56 Å². The molecule has 3 rings (SSSR count). The fourth-order valence-corrected chi connectivity index (χ4v) is 2.87. The SMILES string of the molecule is CN(C)C(CNC(=O)c1cn(Cc2ccccc2)nn1)Cc1ccccc1. The molecule has 27 heavy (non-hydrogen) atoms. The molecule has 2 aromatic carbocycles. The molecule has 1 unspecified atom stereocenters. The minimum Gasteiger partial charge on any atom is -0.349 e. The zero-order chi connectivity index (χ0) is 19.1. The van der Waals surface area contributed by atoms with Crippen LogP contribution in [0.25, 0.3) is 0 Å². The van der Waals surface area contributed by atoms with Crippen LogP contribution in [-0.2, 0) is 13.0 Å². The van der Waals surface area contributed by atoms with Crippen molar-refractivity contribution in [2.75, 3.05) is 20.6 Å². The lowest BCUT2D eigenvalue weighted by atomic mass is 10.1. The summed E-state index contributed by atoms with van der Waals surface area (Å²) >= 11 is 0. The first kappa shape index (κ1) is 18.8. The standard InChI is InChI=1S/C21H25N5O/c1-25(2)19(13-17-9-5-3-6-10-17)14-22-21(27)20-16-26(24-23-20)15-18-11-7-4-8-12-18/h3-12,16,19H,13-15H2,1-2H3,(H,22,27). The molecule has 6 heteroatoms. The molecule has 0 bridgehead atoms. The summed E-state index contributed by atoms with van der Waals surface area (Å²) in [6.07, 6.45) is 2.55. The van der Waals surface area contributed by atoms with Gasteiger partial charge in [-0.3, -0.25) is 4.79 Å². The Kier molecular flexibility index (Phi) is 6.33. The minimum atomic E-state index is -0.200. The highest BCUT2D eigenvalue weighted by atomic mass is 16.2. The zero-order valence-corrected chi connectivity index (χ0v) is 15.7. The van der Waals surface area contributed by atoms with Gasteiger partial charge < -0.3 is 10.2 Å². The van der Waals surface area contributed by atoms with Gasteiger partial charge in [0, 0.05) is 12.6 Å². The number of rotatable bonds is 8. The Morgan fingerprint density at radius 3 is 2.30 bits per heavy atom. The summed E-state index contributed by atoms with van der Waals surface area (Å²) in [7, 11) is 4.05. The van der Waals surface area contributed by atoms with Gasteiger partial charge in [0.05, 0.1) is 12.7 Å². The summed E-state index contributed by atoms with van der Waals surface area (Å²) < 4.78 is 1.68. The van der Waals surface area contributed by atoms with Crippen LogP contribution in [0.15, 0.2) is 66.9 Å². The Labute approximate surface area is 159 Å². The van der Waals surface area contributed by atoms with Gasteiger partial charge in [-0.05, 0) is 31.6 Å². The average molecular weight is 363 g/mol. The first-order chi connectivity index (χ1) is 13.1. The van der Waals surface area contributed by atoms with Crippen molar-refractivity contribution in [2.45, 2.75) is 19.0 Å². The van der Waals surface area contributed by atoms with Gasteiger partial charge in [-0.15, -0.1) is 5.10 Å². The van der Waals surface area contributed by atoms with Crippen LogP contribution in [0, 0.1) is 0 Å². The fraction of sp³-hybridized carbons (Fsp3) is 0.286. The third-order valence-electron chi connectivity index (χ3n) is 4.50. The van der Waals surface area contributed by atoms with Gasteiger partial charge in [-0.25, -0.2) is 4.68 Å². The molecule has 1 aromatic heterocycles. The van der Waals surface area contributed by atoms with Crippen LogP contribution in [0.2, 0.25) is 0 Å². The summed E-state index contributed by atoms with van der Waals surface area (Å²) in [4.78, 5) is 14.6. The van der Waals surface area contributed by atoms with Crippen LogP contribution < -0.4 is 5.32 Å². The average Bonchev–Trinajstić information content (AvgIpc) is 3.15. The Morgan fingerprint density at radius 1 is 1.04 bits per heavy atom. The number of amides is 1. The number of nitrogens with zero attached hydrogens (tertiary/aromatic N) is 4. The molecule has 0 radical (unpaired) electrons. The summed E-state index contributed by atoms with van der Waals surface area (Å²) in [6.45, 7) is 1.14. The van der Waals surface area contributed by atoms with Gasteiger partial charge in [0.25, 0.3) is 5.91 Å².